The van der Waals surface area contributed by atoms with Crippen LogP contribution in [0, 0.1) is 10.1 Å². The van der Waals surface area contributed by atoms with Crippen LogP contribution in [-0.2, 0) is 4.79 Å². The van der Waals surface area contributed by atoms with Gasteiger partial charge in [0.1, 0.15) is 0 Å². The monoisotopic (exact) mass is 577 g/mol. The number of aromatic nitrogens is 2. The molecule has 1 aromatic carbocycles. The van der Waals surface area contributed by atoms with Crippen molar-refractivity contribution in [1.82, 2.24) is 15.6 Å². The summed E-state index contributed by atoms with van der Waals surface area (Å²) in [4.78, 5) is 22.9. The first-order valence-corrected chi connectivity index (χ1v) is 15.7. The number of carbonyl (C=O) groups is 1. The number of benzene rings is 1. The summed E-state index contributed by atoms with van der Waals surface area (Å²) in [6, 6.07) is 2.31. The zero-order chi connectivity index (χ0) is 29.7. The van der Waals surface area contributed by atoms with Crippen LogP contribution in [0.2, 0.25) is 0 Å². The normalized spacial score (nSPS) is 12.9. The number of anilines is 1. The molecule has 0 aliphatic rings. The van der Waals surface area contributed by atoms with E-state index in [0.717, 1.165) is 25.7 Å². The lowest BCUT2D eigenvalue weighted by atomic mass is 10.0. The van der Waals surface area contributed by atoms with E-state index in [4.69, 9.17) is 0 Å². The topological polar surface area (TPSA) is 164 Å². The van der Waals surface area contributed by atoms with Gasteiger partial charge in [0.05, 0.1) is 29.4 Å². The van der Waals surface area contributed by atoms with Crippen molar-refractivity contribution in [2.75, 3.05) is 18.5 Å². The number of amides is 1. The molecule has 11 heteroatoms. The highest BCUT2D eigenvalue weighted by atomic mass is 16.6. The fourth-order valence-corrected chi connectivity index (χ4v) is 5.07. The molecule has 0 saturated heterocycles. The third-order valence-corrected chi connectivity index (χ3v) is 7.60. The summed E-state index contributed by atoms with van der Waals surface area (Å²) in [5.74, 6) is -0.174. The van der Waals surface area contributed by atoms with E-state index < -0.39 is 17.1 Å². The van der Waals surface area contributed by atoms with Crippen LogP contribution in [0.3, 0.4) is 0 Å². The number of hydrogen-bond acceptors (Lipinski definition) is 9. The lowest BCUT2D eigenvalue weighted by Gasteiger charge is -2.22. The van der Waals surface area contributed by atoms with Crippen LogP contribution in [0.1, 0.15) is 122 Å². The second-order valence-corrected chi connectivity index (χ2v) is 11.0. The van der Waals surface area contributed by atoms with Crippen molar-refractivity contribution >= 4 is 28.3 Å². The van der Waals surface area contributed by atoms with E-state index in [-0.39, 0.29) is 23.7 Å². The Morgan fingerprint density at radius 2 is 1.49 bits per heavy atom. The number of nitrogens with one attached hydrogen (secondary N) is 2. The number of hydrogen-bond donors (Lipinski definition) is 4. The van der Waals surface area contributed by atoms with Gasteiger partial charge in [-0.2, -0.15) is 0 Å². The van der Waals surface area contributed by atoms with E-state index >= 15 is 0 Å². The number of carbonyl (C=O) groups excluding carboxylic acids is 1. The highest BCUT2D eigenvalue weighted by Gasteiger charge is 2.21. The molecule has 11 nitrogen and oxygen atoms in total. The van der Waals surface area contributed by atoms with E-state index in [9.17, 15) is 25.1 Å². The predicted octanol–water partition coefficient (Wildman–Crippen LogP) is 6.42. The smallest absolute Gasteiger partial charge is 0.300 e. The summed E-state index contributed by atoms with van der Waals surface area (Å²) in [7, 11) is 0. The van der Waals surface area contributed by atoms with Crippen molar-refractivity contribution in [2.45, 2.75) is 135 Å². The molecule has 0 spiro atoms. The quantitative estimate of drug-likeness (QED) is 0.0592. The number of nitrogens with zero attached hydrogens (tertiary/aromatic N) is 3. The average molecular weight is 578 g/mol. The molecular formula is C30H51N5O6. The number of aliphatic hydroxyl groups is 2. The highest BCUT2D eigenvalue weighted by molar-refractivity contribution is 5.93. The molecule has 1 aromatic heterocycles. The Morgan fingerprint density at radius 3 is 2.10 bits per heavy atom. The van der Waals surface area contributed by atoms with E-state index in [1.54, 1.807) is 6.07 Å². The Morgan fingerprint density at radius 1 is 0.902 bits per heavy atom. The number of non-ortho nitro benzene ring substituents is 1. The van der Waals surface area contributed by atoms with E-state index in [1.165, 1.54) is 76.7 Å². The first-order valence-electron chi connectivity index (χ1n) is 15.7. The summed E-state index contributed by atoms with van der Waals surface area (Å²) in [6.45, 7) is 2.56. The van der Waals surface area contributed by atoms with Crippen LogP contribution >= 0.6 is 0 Å². The molecule has 1 amide bonds. The standard InChI is InChI=1S/C30H51N5O6/c1-2-3-4-5-6-7-8-9-10-11-12-13-15-18-27(37)25(23-36)32-28(38)19-16-14-17-22-31-24-20-21-26(35(39)40)30-29(24)33-41-34-30/h20-21,25,27,31,36-37H,2-19,22-23H2,1H3,(H,32,38)/t25-,27+/m1/s1. The van der Waals surface area contributed by atoms with E-state index in [0.29, 0.717) is 37.0 Å². The number of nitro benzene ring substituents is 1. The van der Waals surface area contributed by atoms with Crippen molar-refractivity contribution in [1.29, 1.82) is 0 Å². The largest absolute Gasteiger partial charge is 0.394 e. The number of unbranched alkanes of at least 4 members (excludes halogenated alkanes) is 14. The lowest BCUT2D eigenvalue weighted by Crippen LogP contribution is -2.45. The maximum atomic E-state index is 12.3. The van der Waals surface area contributed by atoms with Gasteiger partial charge in [-0.1, -0.05) is 96.8 Å². The summed E-state index contributed by atoms with van der Waals surface area (Å²) in [5, 5.41) is 44.6. The average Bonchev–Trinajstić information content (AvgIpc) is 3.46. The first kappa shape index (κ1) is 34.4. The van der Waals surface area contributed by atoms with Gasteiger partial charge in [-0.3, -0.25) is 14.9 Å². The Bertz CT molecular complexity index is 1000. The maximum absolute atomic E-state index is 12.3. The molecule has 0 aliphatic carbocycles. The van der Waals surface area contributed by atoms with Gasteiger partial charge in [0.25, 0.3) is 0 Å². The van der Waals surface area contributed by atoms with Crippen LogP contribution < -0.4 is 10.6 Å². The molecule has 4 N–H and O–H groups in total. The molecule has 2 aromatic rings. The Balaban J connectivity index is 1.49. The van der Waals surface area contributed by atoms with Crippen LogP contribution in [0.25, 0.3) is 11.0 Å². The van der Waals surface area contributed by atoms with Gasteiger partial charge in [-0.05, 0) is 35.6 Å². The van der Waals surface area contributed by atoms with Gasteiger partial charge in [-0.15, -0.1) is 0 Å². The van der Waals surface area contributed by atoms with Gasteiger partial charge in [0.15, 0.2) is 5.52 Å². The van der Waals surface area contributed by atoms with Crippen molar-refractivity contribution < 1.29 is 24.6 Å². The van der Waals surface area contributed by atoms with Gasteiger partial charge in [0, 0.05) is 19.0 Å². The SMILES string of the molecule is CCCCCCCCCCCCCCC[C@H](O)[C@@H](CO)NC(=O)CCCCCNc1ccc([N+](=O)[O-])c2nonc12. The fourth-order valence-electron chi connectivity index (χ4n) is 5.07. The molecule has 0 bridgehead atoms. The zero-order valence-electron chi connectivity index (χ0n) is 24.8. The van der Waals surface area contributed by atoms with E-state index in [1.807, 2.05) is 0 Å². The molecule has 0 aliphatic heterocycles. The van der Waals surface area contributed by atoms with Crippen LogP contribution in [0.5, 0.6) is 0 Å². The predicted molar refractivity (Wildman–Crippen MR) is 161 cm³/mol. The zero-order valence-corrected chi connectivity index (χ0v) is 24.8. The summed E-state index contributed by atoms with van der Waals surface area (Å²) in [6.07, 6.45) is 18.8. The van der Waals surface area contributed by atoms with Crippen molar-refractivity contribution in [3.8, 4) is 0 Å². The summed E-state index contributed by atoms with van der Waals surface area (Å²) >= 11 is 0. The number of fused-ring (bicyclic) bond motifs is 1. The highest BCUT2D eigenvalue weighted by Crippen LogP contribution is 2.28. The molecule has 2 rings (SSSR count). The molecule has 232 valence electrons. The molecule has 2 atom stereocenters. The van der Waals surface area contributed by atoms with Gasteiger partial charge in [-0.25, -0.2) is 4.63 Å². The lowest BCUT2D eigenvalue weighted by molar-refractivity contribution is -0.383. The van der Waals surface area contributed by atoms with E-state index in [2.05, 4.69) is 32.5 Å². The van der Waals surface area contributed by atoms with Crippen molar-refractivity contribution in [2.24, 2.45) is 0 Å². The molecule has 0 saturated carbocycles. The maximum Gasteiger partial charge on any atom is 0.300 e. The fraction of sp³-hybridized carbons (Fsp3) is 0.767. The molecular weight excluding hydrogens is 526 g/mol. The van der Waals surface area contributed by atoms with Crippen molar-refractivity contribution in [3.63, 3.8) is 0 Å². The molecule has 1 heterocycles. The first-order chi connectivity index (χ1) is 20.0. The minimum atomic E-state index is -0.745. The third-order valence-electron chi connectivity index (χ3n) is 7.60. The minimum Gasteiger partial charge on any atom is -0.394 e. The number of rotatable bonds is 25. The Labute approximate surface area is 244 Å². The molecule has 41 heavy (non-hydrogen) atoms. The van der Waals surface area contributed by atoms with Crippen LogP contribution in [0.4, 0.5) is 11.4 Å². The number of aliphatic hydroxyl groups excluding tert-OH is 2. The second-order valence-electron chi connectivity index (χ2n) is 11.0. The van der Waals surface area contributed by atoms with Crippen LogP contribution in [-0.4, -0.2) is 56.7 Å². The molecule has 0 unspecified atom stereocenters. The van der Waals surface area contributed by atoms with Gasteiger partial charge >= 0.3 is 5.69 Å². The summed E-state index contributed by atoms with van der Waals surface area (Å²) in [5.41, 5.74) is 0.860. The third kappa shape index (κ3) is 13.6. The summed E-state index contributed by atoms with van der Waals surface area (Å²) < 4.78 is 4.66. The van der Waals surface area contributed by atoms with Crippen molar-refractivity contribution in [3.05, 3.63) is 22.2 Å². The Hall–Kier alpha value is -2.79. The second kappa shape index (κ2) is 21.0. The van der Waals surface area contributed by atoms with Gasteiger partial charge in [0.2, 0.25) is 11.4 Å². The Kier molecular flexibility index (Phi) is 17.6. The molecule has 0 fully saturated rings. The van der Waals surface area contributed by atoms with Crippen LogP contribution in [0.15, 0.2) is 16.8 Å². The number of nitro groups is 1. The minimum absolute atomic E-state index is 0.103. The molecule has 0 radical (unpaired) electrons. The van der Waals surface area contributed by atoms with Gasteiger partial charge < -0.3 is 20.8 Å².